The largest absolute Gasteiger partial charge is 0.318 e. The minimum Gasteiger partial charge on any atom is -0.318 e. The Bertz CT molecular complexity index is 1160. The van der Waals surface area contributed by atoms with Crippen molar-refractivity contribution in [3.05, 3.63) is 90.7 Å². The van der Waals surface area contributed by atoms with Gasteiger partial charge in [0.25, 0.3) is 11.6 Å². The van der Waals surface area contributed by atoms with Gasteiger partial charge in [0, 0.05) is 49.9 Å². The molecule has 3 rings (SSSR count). The SMILES string of the molecule is Cc1ccc(C(=O)N/N=C\c2cc(C)n(-c3cc(Cl)cc(Cl)c3)c2C)cc1[N+](=O)[O-]. The summed E-state index contributed by atoms with van der Waals surface area (Å²) in [6.45, 7) is 5.46. The van der Waals surface area contributed by atoms with Crippen LogP contribution in [0.3, 0.4) is 0 Å². The van der Waals surface area contributed by atoms with E-state index >= 15 is 0 Å². The maximum absolute atomic E-state index is 12.3. The number of hydrazone groups is 1. The number of nitro groups is 1. The van der Waals surface area contributed by atoms with E-state index in [1.54, 1.807) is 25.1 Å². The highest BCUT2D eigenvalue weighted by atomic mass is 35.5. The number of aromatic nitrogens is 1. The number of nitro benzene ring substituents is 1. The van der Waals surface area contributed by atoms with Crippen molar-refractivity contribution in [3.8, 4) is 5.69 Å². The van der Waals surface area contributed by atoms with Crippen LogP contribution in [0.5, 0.6) is 0 Å². The molecule has 9 heteroatoms. The van der Waals surface area contributed by atoms with Crippen LogP contribution in [0.25, 0.3) is 5.69 Å². The van der Waals surface area contributed by atoms with E-state index < -0.39 is 10.8 Å². The summed E-state index contributed by atoms with van der Waals surface area (Å²) in [4.78, 5) is 22.8. The molecule has 7 nitrogen and oxygen atoms in total. The predicted molar refractivity (Wildman–Crippen MR) is 118 cm³/mol. The minimum absolute atomic E-state index is 0.115. The molecule has 2 aromatic carbocycles. The van der Waals surface area contributed by atoms with Crippen molar-refractivity contribution in [2.75, 3.05) is 0 Å². The molecule has 0 aliphatic carbocycles. The fraction of sp³-hybridized carbons (Fsp3) is 0.143. The zero-order chi connectivity index (χ0) is 22.0. The van der Waals surface area contributed by atoms with Gasteiger partial charge in [-0.3, -0.25) is 14.9 Å². The Labute approximate surface area is 183 Å². The van der Waals surface area contributed by atoms with Gasteiger partial charge in [0.15, 0.2) is 0 Å². The van der Waals surface area contributed by atoms with Gasteiger partial charge < -0.3 is 4.57 Å². The van der Waals surface area contributed by atoms with Crippen LogP contribution < -0.4 is 5.43 Å². The number of hydrogen-bond donors (Lipinski definition) is 1. The summed E-state index contributed by atoms with van der Waals surface area (Å²) in [5, 5.41) is 16.1. The zero-order valence-electron chi connectivity index (χ0n) is 16.4. The van der Waals surface area contributed by atoms with Gasteiger partial charge in [-0.25, -0.2) is 5.43 Å². The molecule has 0 aliphatic rings. The van der Waals surface area contributed by atoms with Crippen LogP contribution in [0.15, 0.2) is 47.6 Å². The van der Waals surface area contributed by atoms with E-state index in [4.69, 9.17) is 23.2 Å². The number of aryl methyl sites for hydroxylation is 2. The molecule has 1 aromatic heterocycles. The third-order valence-electron chi connectivity index (χ3n) is 4.61. The van der Waals surface area contributed by atoms with Crippen LogP contribution in [-0.4, -0.2) is 21.6 Å². The molecule has 0 saturated carbocycles. The Morgan fingerprint density at radius 3 is 2.40 bits per heavy atom. The molecule has 154 valence electrons. The van der Waals surface area contributed by atoms with E-state index in [0.29, 0.717) is 15.6 Å². The molecule has 0 saturated heterocycles. The van der Waals surface area contributed by atoms with Gasteiger partial charge >= 0.3 is 0 Å². The fourth-order valence-corrected chi connectivity index (χ4v) is 3.67. The second-order valence-corrected chi connectivity index (χ2v) is 7.62. The number of nitrogens with one attached hydrogen (secondary N) is 1. The summed E-state index contributed by atoms with van der Waals surface area (Å²) < 4.78 is 1.98. The van der Waals surface area contributed by atoms with Crippen LogP contribution in [0.1, 0.15) is 32.9 Å². The van der Waals surface area contributed by atoms with Crippen molar-refractivity contribution in [3.63, 3.8) is 0 Å². The zero-order valence-corrected chi connectivity index (χ0v) is 18.0. The highest BCUT2D eigenvalue weighted by molar-refractivity contribution is 6.34. The molecular formula is C21H18Cl2N4O3. The summed E-state index contributed by atoms with van der Waals surface area (Å²) in [5.41, 5.74) is 6.35. The summed E-state index contributed by atoms with van der Waals surface area (Å²) >= 11 is 12.2. The number of benzene rings is 2. The lowest BCUT2D eigenvalue weighted by molar-refractivity contribution is -0.385. The van der Waals surface area contributed by atoms with Gasteiger partial charge in [0.05, 0.1) is 11.1 Å². The quantitative estimate of drug-likeness (QED) is 0.325. The first kappa shape index (κ1) is 21.5. The second kappa shape index (κ2) is 8.69. The highest BCUT2D eigenvalue weighted by Gasteiger charge is 2.15. The number of nitrogens with zero attached hydrogens (tertiary/aromatic N) is 3. The third kappa shape index (κ3) is 4.53. The lowest BCUT2D eigenvalue weighted by atomic mass is 10.1. The average molecular weight is 445 g/mol. The molecule has 1 amide bonds. The normalized spacial score (nSPS) is 11.1. The number of amides is 1. The standard InChI is InChI=1S/C21H18Cl2N4O3/c1-12-4-5-15(7-20(12)27(29)30)21(28)25-24-11-16-6-13(2)26(14(16)3)19-9-17(22)8-18(23)10-19/h4-11H,1-3H3,(H,25,28)/b24-11-. The van der Waals surface area contributed by atoms with Crippen molar-refractivity contribution in [1.82, 2.24) is 9.99 Å². The predicted octanol–water partition coefficient (Wildman–Crippen LogP) is 5.38. The van der Waals surface area contributed by atoms with Crippen molar-refractivity contribution >= 4 is 41.0 Å². The molecule has 0 bridgehead atoms. The van der Waals surface area contributed by atoms with Crippen molar-refractivity contribution in [1.29, 1.82) is 0 Å². The van der Waals surface area contributed by atoms with Crippen LogP contribution >= 0.6 is 23.2 Å². The Morgan fingerprint density at radius 1 is 1.10 bits per heavy atom. The lowest BCUT2D eigenvalue weighted by Crippen LogP contribution is -2.18. The molecule has 3 aromatic rings. The number of carbonyl (C=O) groups is 1. The summed E-state index contributed by atoms with van der Waals surface area (Å²) in [5.74, 6) is -0.537. The monoisotopic (exact) mass is 444 g/mol. The molecule has 0 unspecified atom stereocenters. The molecule has 0 atom stereocenters. The van der Waals surface area contributed by atoms with E-state index in [1.807, 2.05) is 24.5 Å². The van der Waals surface area contributed by atoms with Crippen molar-refractivity contribution in [2.45, 2.75) is 20.8 Å². The molecular weight excluding hydrogens is 427 g/mol. The molecule has 0 fully saturated rings. The van der Waals surface area contributed by atoms with Gasteiger partial charge in [-0.05, 0) is 51.1 Å². The first-order valence-electron chi connectivity index (χ1n) is 8.91. The van der Waals surface area contributed by atoms with E-state index in [2.05, 4.69) is 10.5 Å². The van der Waals surface area contributed by atoms with Crippen LogP contribution in [-0.2, 0) is 0 Å². The maximum atomic E-state index is 12.3. The van der Waals surface area contributed by atoms with Gasteiger partial charge in [-0.2, -0.15) is 5.10 Å². The Hall–Kier alpha value is -3.16. The molecule has 0 spiro atoms. The third-order valence-corrected chi connectivity index (χ3v) is 5.05. The first-order chi connectivity index (χ1) is 14.2. The van der Waals surface area contributed by atoms with Crippen LogP contribution in [0.2, 0.25) is 10.0 Å². The van der Waals surface area contributed by atoms with Crippen LogP contribution in [0, 0.1) is 30.9 Å². The summed E-state index contributed by atoms with van der Waals surface area (Å²) in [6.07, 6.45) is 1.52. The van der Waals surface area contributed by atoms with Gasteiger partial charge in [-0.15, -0.1) is 0 Å². The number of hydrogen-bond acceptors (Lipinski definition) is 4. The Morgan fingerprint density at radius 2 is 1.77 bits per heavy atom. The van der Waals surface area contributed by atoms with Crippen LogP contribution in [0.4, 0.5) is 5.69 Å². The van der Waals surface area contributed by atoms with Gasteiger partial charge in [-0.1, -0.05) is 29.3 Å². The Balaban J connectivity index is 1.81. The topological polar surface area (TPSA) is 89.5 Å². The van der Waals surface area contributed by atoms with Crippen molar-refractivity contribution < 1.29 is 9.72 Å². The van der Waals surface area contributed by atoms with Gasteiger partial charge in [0.2, 0.25) is 0 Å². The second-order valence-electron chi connectivity index (χ2n) is 6.75. The van der Waals surface area contributed by atoms with E-state index in [-0.39, 0.29) is 11.3 Å². The number of halogens is 2. The minimum atomic E-state index is -0.537. The first-order valence-corrected chi connectivity index (χ1v) is 9.67. The van der Waals surface area contributed by atoms with E-state index in [9.17, 15) is 14.9 Å². The summed E-state index contributed by atoms with van der Waals surface area (Å²) in [6, 6.07) is 11.5. The lowest BCUT2D eigenvalue weighted by Gasteiger charge is -2.10. The summed E-state index contributed by atoms with van der Waals surface area (Å²) in [7, 11) is 0. The highest BCUT2D eigenvalue weighted by Crippen LogP contribution is 2.26. The number of rotatable bonds is 5. The fourth-order valence-electron chi connectivity index (χ4n) is 3.16. The Kier molecular flexibility index (Phi) is 6.24. The maximum Gasteiger partial charge on any atom is 0.273 e. The van der Waals surface area contributed by atoms with E-state index in [1.165, 1.54) is 24.4 Å². The number of carbonyl (C=O) groups excluding carboxylic acids is 1. The molecule has 1 heterocycles. The molecule has 30 heavy (non-hydrogen) atoms. The van der Waals surface area contributed by atoms with Crippen molar-refractivity contribution in [2.24, 2.45) is 5.10 Å². The molecule has 0 aliphatic heterocycles. The average Bonchev–Trinajstić information content (AvgIpc) is 2.94. The smallest absolute Gasteiger partial charge is 0.273 e. The molecule has 0 radical (unpaired) electrons. The molecule has 1 N–H and O–H groups in total. The van der Waals surface area contributed by atoms with E-state index in [0.717, 1.165) is 22.6 Å². The van der Waals surface area contributed by atoms with Gasteiger partial charge in [0.1, 0.15) is 0 Å².